The van der Waals surface area contributed by atoms with Crippen LogP contribution in [0.1, 0.15) is 50.2 Å². The molecule has 2 aromatic rings. The first kappa shape index (κ1) is 26.7. The van der Waals surface area contributed by atoms with Crippen LogP contribution in [0.15, 0.2) is 54.6 Å². The van der Waals surface area contributed by atoms with Crippen LogP contribution in [0.4, 0.5) is 0 Å². The smallest absolute Gasteiger partial charge is 0.331 e. The average molecular weight is 562 g/mol. The van der Waals surface area contributed by atoms with Crippen molar-refractivity contribution in [3.8, 4) is 0 Å². The van der Waals surface area contributed by atoms with E-state index in [1.54, 1.807) is 0 Å². The molecule has 4 heterocycles. The third kappa shape index (κ3) is 5.64. The minimum absolute atomic E-state index is 0. The highest BCUT2D eigenvalue weighted by Gasteiger charge is 2.50. The molecule has 4 aliphatic heterocycles. The van der Waals surface area contributed by atoms with Gasteiger partial charge in [0.2, 0.25) is 0 Å². The first-order valence-electron chi connectivity index (χ1n) is 13.1. The van der Waals surface area contributed by atoms with E-state index in [1.165, 1.54) is 25.1 Å². The Labute approximate surface area is 225 Å². The van der Waals surface area contributed by atoms with Gasteiger partial charge in [0.05, 0.1) is 19.6 Å². The summed E-state index contributed by atoms with van der Waals surface area (Å²) in [5.74, 6) is 0.434. The van der Waals surface area contributed by atoms with Crippen LogP contribution in [0, 0.1) is 5.92 Å². The van der Waals surface area contributed by atoms with E-state index in [1.807, 2.05) is 30.3 Å². The third-order valence-corrected chi connectivity index (χ3v) is 9.02. The highest BCUT2D eigenvalue weighted by Crippen LogP contribution is 2.39. The Bertz CT molecular complexity index is 989. The van der Waals surface area contributed by atoms with Crippen LogP contribution in [0.3, 0.4) is 0 Å². The van der Waals surface area contributed by atoms with E-state index in [4.69, 9.17) is 16.3 Å². The number of hydrogen-bond donors (Lipinski definition) is 0. The zero-order chi connectivity index (χ0) is 23.6. The number of rotatable bonds is 7. The van der Waals surface area contributed by atoms with Crippen LogP contribution < -0.4 is 17.0 Å². The van der Waals surface area contributed by atoms with Crippen molar-refractivity contribution in [3.05, 3.63) is 70.7 Å². The van der Waals surface area contributed by atoms with Crippen molar-refractivity contribution in [1.82, 2.24) is 4.90 Å². The molecule has 0 aromatic heterocycles. The molecule has 35 heavy (non-hydrogen) atoms. The van der Waals surface area contributed by atoms with Gasteiger partial charge in [-0.05, 0) is 56.1 Å². The Kier molecular flexibility index (Phi) is 8.63. The molecule has 4 saturated heterocycles. The summed E-state index contributed by atoms with van der Waals surface area (Å²) in [6.45, 7) is 8.41. The molecule has 2 atom stereocenters. The lowest BCUT2D eigenvalue weighted by molar-refractivity contribution is -0.946. The van der Waals surface area contributed by atoms with E-state index in [0.717, 1.165) is 73.4 Å². The molecular formula is C29H38BrClN2O2. The van der Waals surface area contributed by atoms with Crippen molar-refractivity contribution in [2.45, 2.75) is 57.1 Å². The van der Waals surface area contributed by atoms with Crippen LogP contribution in [0.25, 0.3) is 0 Å². The van der Waals surface area contributed by atoms with E-state index < -0.39 is 5.54 Å². The highest BCUT2D eigenvalue weighted by molar-refractivity contribution is 6.30. The lowest BCUT2D eigenvalue weighted by Crippen LogP contribution is -3.00. The van der Waals surface area contributed by atoms with E-state index in [2.05, 4.69) is 36.1 Å². The summed E-state index contributed by atoms with van der Waals surface area (Å²) in [6.07, 6.45) is 6.87. The lowest BCUT2D eigenvalue weighted by Gasteiger charge is -2.53. The molecule has 0 amide bonds. The fraction of sp³-hybridized carbons (Fsp3) is 0.552. The minimum atomic E-state index is -0.723. The minimum Gasteiger partial charge on any atom is -1.00 e. The molecule has 4 aliphatic rings. The number of quaternary nitrogens is 1. The highest BCUT2D eigenvalue weighted by atomic mass is 79.9. The van der Waals surface area contributed by atoms with Gasteiger partial charge in [-0.3, -0.25) is 4.90 Å². The fourth-order valence-electron chi connectivity index (χ4n) is 6.51. The number of ether oxygens (including phenoxy) is 1. The zero-order valence-electron chi connectivity index (χ0n) is 20.8. The van der Waals surface area contributed by atoms with E-state index in [-0.39, 0.29) is 29.1 Å². The van der Waals surface area contributed by atoms with Crippen molar-refractivity contribution < 1.29 is 31.0 Å². The molecule has 0 N–H and O–H groups in total. The van der Waals surface area contributed by atoms with Gasteiger partial charge in [-0.15, -0.1) is 0 Å². The number of nitrogens with zero attached hydrogens (tertiary/aromatic N) is 2. The Morgan fingerprint density at radius 3 is 2.46 bits per heavy atom. The molecule has 2 bridgehead atoms. The molecule has 4 nitrogen and oxygen atoms in total. The molecule has 0 saturated carbocycles. The number of fused-ring (bicyclic) bond motifs is 3. The predicted octanol–water partition coefficient (Wildman–Crippen LogP) is 2.44. The van der Waals surface area contributed by atoms with Gasteiger partial charge in [0.1, 0.15) is 12.1 Å². The number of carbonyl (C=O) groups is 1. The molecule has 0 spiro atoms. The van der Waals surface area contributed by atoms with Crippen LogP contribution in [-0.4, -0.2) is 60.7 Å². The van der Waals surface area contributed by atoms with Crippen molar-refractivity contribution in [2.75, 3.05) is 39.3 Å². The monoisotopic (exact) mass is 560 g/mol. The van der Waals surface area contributed by atoms with Crippen LogP contribution in [-0.2, 0) is 21.5 Å². The van der Waals surface area contributed by atoms with Crippen LogP contribution >= 0.6 is 11.6 Å². The van der Waals surface area contributed by atoms with Gasteiger partial charge in [-0.25, -0.2) is 4.79 Å². The second-order valence-electron chi connectivity index (χ2n) is 10.8. The molecular weight excluding hydrogens is 524 g/mol. The number of hydrogen-bond acceptors (Lipinski definition) is 3. The normalized spacial score (nSPS) is 28.1. The molecule has 0 radical (unpaired) electrons. The van der Waals surface area contributed by atoms with Gasteiger partial charge < -0.3 is 26.2 Å². The largest absolute Gasteiger partial charge is 1.00 e. The number of benzene rings is 2. The summed E-state index contributed by atoms with van der Waals surface area (Å²) in [7, 11) is 0. The van der Waals surface area contributed by atoms with Gasteiger partial charge >= 0.3 is 5.97 Å². The summed E-state index contributed by atoms with van der Waals surface area (Å²) < 4.78 is 7.54. The van der Waals surface area contributed by atoms with Gasteiger partial charge in [-0.1, -0.05) is 60.5 Å². The predicted molar refractivity (Wildman–Crippen MR) is 137 cm³/mol. The molecule has 0 aliphatic carbocycles. The second kappa shape index (κ2) is 11.3. The van der Waals surface area contributed by atoms with Crippen molar-refractivity contribution in [3.63, 3.8) is 0 Å². The number of halogens is 2. The third-order valence-electron chi connectivity index (χ3n) is 8.79. The lowest BCUT2D eigenvalue weighted by atomic mass is 9.82. The SMILES string of the molecule is C[C@@](C(=O)O[C@H]1C[N+]2(CCc3cccc(Cl)c3)CCC1CC2)(c1ccccc1)N1CCCCC1.[Br-]. The Morgan fingerprint density at radius 2 is 1.77 bits per heavy atom. The Morgan fingerprint density at radius 1 is 1.06 bits per heavy atom. The summed E-state index contributed by atoms with van der Waals surface area (Å²) in [4.78, 5) is 16.3. The number of piperidine rings is 4. The average Bonchev–Trinajstić information content (AvgIpc) is 2.89. The molecule has 190 valence electrons. The summed E-state index contributed by atoms with van der Waals surface area (Å²) >= 11 is 6.21. The first-order valence-corrected chi connectivity index (χ1v) is 13.5. The van der Waals surface area contributed by atoms with Crippen molar-refractivity contribution in [2.24, 2.45) is 5.92 Å². The van der Waals surface area contributed by atoms with Crippen molar-refractivity contribution >= 4 is 17.6 Å². The van der Waals surface area contributed by atoms with Crippen LogP contribution in [0.5, 0.6) is 0 Å². The standard InChI is InChI=1S/C29H38ClN2O2.BrH/c1-29(25-10-4-2-5-11-25,31-16-6-3-7-17-31)28(33)34-27-22-32(19-14-24(27)15-20-32)18-13-23-9-8-12-26(30)21-23;/h2,4-5,8-12,21,24,27H,3,6-7,13-20,22H2,1H3;1H/q+1;/p-1/t24?,27-,29-,32?;/m0./s1. The summed E-state index contributed by atoms with van der Waals surface area (Å²) in [5, 5.41) is 0.805. The summed E-state index contributed by atoms with van der Waals surface area (Å²) in [6, 6.07) is 18.5. The number of likely N-dealkylation sites (tertiary alicyclic amines) is 1. The maximum Gasteiger partial charge on any atom is 0.331 e. The molecule has 6 rings (SSSR count). The van der Waals surface area contributed by atoms with Gasteiger partial charge in [-0.2, -0.15) is 0 Å². The molecule has 6 heteroatoms. The quantitative estimate of drug-likeness (QED) is 0.384. The topological polar surface area (TPSA) is 29.5 Å². The van der Waals surface area contributed by atoms with Crippen molar-refractivity contribution in [1.29, 1.82) is 0 Å². The second-order valence-corrected chi connectivity index (χ2v) is 11.3. The Balaban J connectivity index is 0.00000289. The maximum atomic E-state index is 13.9. The molecule has 2 aromatic carbocycles. The number of esters is 1. The van der Waals surface area contributed by atoms with Gasteiger partial charge in [0.15, 0.2) is 6.10 Å². The maximum absolute atomic E-state index is 13.9. The van der Waals surface area contributed by atoms with E-state index >= 15 is 0 Å². The molecule has 4 fully saturated rings. The van der Waals surface area contributed by atoms with Gasteiger partial charge in [0.25, 0.3) is 0 Å². The zero-order valence-corrected chi connectivity index (χ0v) is 23.1. The van der Waals surface area contributed by atoms with Crippen LogP contribution in [0.2, 0.25) is 5.02 Å². The fourth-order valence-corrected chi connectivity index (χ4v) is 6.73. The first-order chi connectivity index (χ1) is 16.5. The van der Waals surface area contributed by atoms with E-state index in [0.29, 0.717) is 5.92 Å². The summed E-state index contributed by atoms with van der Waals surface area (Å²) in [5.41, 5.74) is 1.62. The van der Waals surface area contributed by atoms with E-state index in [9.17, 15) is 4.79 Å². The Hall–Kier alpha value is -1.40. The molecule has 0 unspecified atom stereocenters. The van der Waals surface area contributed by atoms with Gasteiger partial charge in [0, 0.05) is 30.2 Å². The number of carbonyl (C=O) groups excluding carboxylic acids is 1.